The summed E-state index contributed by atoms with van der Waals surface area (Å²) in [6.45, 7) is 7.96. The molecule has 0 aliphatic carbocycles. The largest absolute Gasteiger partial charge is 0.380 e. The van der Waals surface area contributed by atoms with Gasteiger partial charge in [0.05, 0.1) is 6.10 Å². The first-order chi connectivity index (χ1) is 5.11. The highest BCUT2D eigenvalue weighted by molar-refractivity contribution is 4.96. The maximum atomic E-state index is 5.82. The van der Waals surface area contributed by atoms with Crippen LogP contribution in [0.15, 0.2) is 12.2 Å². The summed E-state index contributed by atoms with van der Waals surface area (Å²) >= 11 is 0. The summed E-state index contributed by atoms with van der Waals surface area (Å²) in [5, 5.41) is 0. The lowest BCUT2D eigenvalue weighted by atomic mass is 10.0. The molecule has 0 bridgehead atoms. The Labute approximate surface area is 69.4 Å². The van der Waals surface area contributed by atoms with Gasteiger partial charge in [0.25, 0.3) is 0 Å². The molecule has 2 heteroatoms. The fourth-order valence-corrected chi connectivity index (χ4v) is 0.818. The molecule has 0 saturated carbocycles. The predicted molar refractivity (Wildman–Crippen MR) is 48.5 cm³/mol. The quantitative estimate of drug-likeness (QED) is 0.616. The lowest BCUT2D eigenvalue weighted by Gasteiger charge is -2.18. The molecule has 2 unspecified atom stereocenters. The molecule has 0 aromatic heterocycles. The Morgan fingerprint density at radius 3 is 2.55 bits per heavy atom. The van der Waals surface area contributed by atoms with Crippen LogP contribution in [0.5, 0.6) is 0 Å². The minimum Gasteiger partial charge on any atom is -0.380 e. The molecule has 0 fully saturated rings. The summed E-state index contributed by atoms with van der Waals surface area (Å²) in [7, 11) is 1.68. The Kier molecular flexibility index (Phi) is 5.16. The number of methoxy groups -OCH3 is 1. The Morgan fingerprint density at radius 1 is 1.64 bits per heavy atom. The first-order valence-corrected chi connectivity index (χ1v) is 4.06. The molecule has 0 aliphatic rings. The van der Waals surface area contributed by atoms with E-state index < -0.39 is 0 Å². The highest BCUT2D eigenvalue weighted by atomic mass is 16.5. The third-order valence-electron chi connectivity index (χ3n) is 2.00. The van der Waals surface area contributed by atoms with Crippen LogP contribution in [0.4, 0.5) is 0 Å². The summed E-state index contributed by atoms with van der Waals surface area (Å²) in [5.74, 6) is 0. The second-order valence-electron chi connectivity index (χ2n) is 2.91. The van der Waals surface area contributed by atoms with Gasteiger partial charge in [-0.05, 0) is 19.8 Å². The fraction of sp³-hybridized carbons (Fsp3) is 0.778. The molecule has 2 nitrogen and oxygen atoms in total. The van der Waals surface area contributed by atoms with Crippen LogP contribution in [0, 0.1) is 0 Å². The lowest BCUT2D eigenvalue weighted by Crippen LogP contribution is -2.34. The van der Waals surface area contributed by atoms with Crippen LogP contribution in [0.3, 0.4) is 0 Å². The van der Waals surface area contributed by atoms with Gasteiger partial charge in [0.15, 0.2) is 0 Å². The molecule has 2 N–H and O–H groups in total. The van der Waals surface area contributed by atoms with E-state index in [9.17, 15) is 0 Å². The molecule has 11 heavy (non-hydrogen) atoms. The minimum absolute atomic E-state index is 0.0902. The van der Waals surface area contributed by atoms with Crippen molar-refractivity contribution >= 4 is 0 Å². The molecule has 0 aromatic rings. The average molecular weight is 157 g/mol. The standard InChI is InChI=1S/C9H19NO/c1-5-7(2)6-9(10)8(3)11-4/h8-9H,2,5-6,10H2,1,3-4H3. The van der Waals surface area contributed by atoms with E-state index in [1.165, 1.54) is 5.57 Å². The fourth-order valence-electron chi connectivity index (χ4n) is 0.818. The maximum Gasteiger partial charge on any atom is 0.0697 e. The Hall–Kier alpha value is -0.340. The average Bonchev–Trinajstić information content (AvgIpc) is 2.02. The van der Waals surface area contributed by atoms with Crippen LogP contribution in [0.25, 0.3) is 0 Å². The van der Waals surface area contributed by atoms with Crippen molar-refractivity contribution in [3.63, 3.8) is 0 Å². The van der Waals surface area contributed by atoms with E-state index in [0.717, 1.165) is 12.8 Å². The predicted octanol–water partition coefficient (Wildman–Crippen LogP) is 1.70. The van der Waals surface area contributed by atoms with Crippen molar-refractivity contribution in [3.8, 4) is 0 Å². The van der Waals surface area contributed by atoms with Crippen molar-refractivity contribution in [2.45, 2.75) is 38.8 Å². The third-order valence-corrected chi connectivity index (χ3v) is 2.00. The van der Waals surface area contributed by atoms with Crippen LogP contribution in [-0.2, 0) is 4.74 Å². The number of hydrogen-bond acceptors (Lipinski definition) is 2. The van der Waals surface area contributed by atoms with Crippen LogP contribution in [0.1, 0.15) is 26.7 Å². The van der Waals surface area contributed by atoms with Gasteiger partial charge in [0.1, 0.15) is 0 Å². The van der Waals surface area contributed by atoms with E-state index in [-0.39, 0.29) is 12.1 Å². The number of ether oxygens (including phenoxy) is 1. The van der Waals surface area contributed by atoms with Crippen molar-refractivity contribution in [1.82, 2.24) is 0 Å². The zero-order valence-electron chi connectivity index (χ0n) is 7.76. The zero-order valence-corrected chi connectivity index (χ0v) is 7.76. The number of hydrogen-bond donors (Lipinski definition) is 1. The summed E-state index contributed by atoms with van der Waals surface area (Å²) in [6, 6.07) is 0.0902. The van der Waals surface area contributed by atoms with Crippen molar-refractivity contribution in [1.29, 1.82) is 0 Å². The topological polar surface area (TPSA) is 35.2 Å². The molecule has 0 aromatic carbocycles. The maximum absolute atomic E-state index is 5.82. The molecule has 2 atom stereocenters. The summed E-state index contributed by atoms with van der Waals surface area (Å²) in [4.78, 5) is 0. The molecule has 0 rings (SSSR count). The summed E-state index contributed by atoms with van der Waals surface area (Å²) in [6.07, 6.45) is 1.99. The van der Waals surface area contributed by atoms with Crippen molar-refractivity contribution in [3.05, 3.63) is 12.2 Å². The van der Waals surface area contributed by atoms with Gasteiger partial charge < -0.3 is 10.5 Å². The molecule has 66 valence electrons. The molecule has 0 heterocycles. The SMILES string of the molecule is C=C(CC)CC(N)C(C)OC. The van der Waals surface area contributed by atoms with Crippen LogP contribution in [-0.4, -0.2) is 19.3 Å². The first-order valence-electron chi connectivity index (χ1n) is 4.06. The summed E-state index contributed by atoms with van der Waals surface area (Å²) < 4.78 is 5.09. The van der Waals surface area contributed by atoms with E-state index in [4.69, 9.17) is 10.5 Å². The van der Waals surface area contributed by atoms with Crippen molar-refractivity contribution in [2.24, 2.45) is 5.73 Å². The molecular weight excluding hydrogens is 138 g/mol. The smallest absolute Gasteiger partial charge is 0.0697 e. The monoisotopic (exact) mass is 157 g/mol. The van der Waals surface area contributed by atoms with Crippen molar-refractivity contribution in [2.75, 3.05) is 7.11 Å². The summed E-state index contributed by atoms with van der Waals surface area (Å²) in [5.41, 5.74) is 7.01. The molecule has 0 saturated heterocycles. The lowest BCUT2D eigenvalue weighted by molar-refractivity contribution is 0.0954. The van der Waals surface area contributed by atoms with Gasteiger partial charge >= 0.3 is 0 Å². The van der Waals surface area contributed by atoms with Gasteiger partial charge in [-0.2, -0.15) is 0 Å². The van der Waals surface area contributed by atoms with E-state index in [0.29, 0.717) is 0 Å². The zero-order chi connectivity index (χ0) is 8.85. The van der Waals surface area contributed by atoms with Crippen LogP contribution >= 0.6 is 0 Å². The van der Waals surface area contributed by atoms with Gasteiger partial charge in [-0.25, -0.2) is 0 Å². The molecule has 0 aliphatic heterocycles. The number of rotatable bonds is 5. The van der Waals surface area contributed by atoms with Gasteiger partial charge in [0, 0.05) is 13.2 Å². The van der Waals surface area contributed by atoms with Gasteiger partial charge in [-0.15, -0.1) is 0 Å². The Bertz CT molecular complexity index is 123. The number of nitrogens with two attached hydrogens (primary N) is 1. The van der Waals surface area contributed by atoms with E-state index in [1.54, 1.807) is 7.11 Å². The minimum atomic E-state index is 0.0902. The molecular formula is C9H19NO. The second kappa shape index (κ2) is 5.33. The highest BCUT2D eigenvalue weighted by Crippen LogP contribution is 2.09. The van der Waals surface area contributed by atoms with E-state index in [2.05, 4.69) is 13.5 Å². The molecule has 0 spiro atoms. The van der Waals surface area contributed by atoms with Gasteiger partial charge in [0.2, 0.25) is 0 Å². The van der Waals surface area contributed by atoms with E-state index in [1.807, 2.05) is 6.92 Å². The van der Waals surface area contributed by atoms with Gasteiger partial charge in [-0.3, -0.25) is 0 Å². The van der Waals surface area contributed by atoms with Gasteiger partial charge in [-0.1, -0.05) is 19.1 Å². The normalized spacial score (nSPS) is 16.0. The third kappa shape index (κ3) is 4.17. The highest BCUT2D eigenvalue weighted by Gasteiger charge is 2.11. The Balaban J connectivity index is 3.67. The first kappa shape index (κ1) is 10.7. The van der Waals surface area contributed by atoms with E-state index >= 15 is 0 Å². The molecule has 0 amide bonds. The van der Waals surface area contributed by atoms with Crippen LogP contribution < -0.4 is 5.73 Å². The second-order valence-corrected chi connectivity index (χ2v) is 2.91. The molecule has 0 radical (unpaired) electrons. The Morgan fingerprint density at radius 2 is 2.18 bits per heavy atom. The van der Waals surface area contributed by atoms with Crippen LogP contribution in [0.2, 0.25) is 0 Å². The van der Waals surface area contributed by atoms with Crippen molar-refractivity contribution < 1.29 is 4.74 Å².